The van der Waals surface area contributed by atoms with E-state index in [0.717, 1.165) is 44.2 Å². The van der Waals surface area contributed by atoms with Crippen molar-refractivity contribution in [3.05, 3.63) is 48.2 Å². The Balaban J connectivity index is 1.53. The average Bonchev–Trinajstić information content (AvgIpc) is 2.69. The van der Waals surface area contributed by atoms with Gasteiger partial charge in [0, 0.05) is 63.4 Å². The van der Waals surface area contributed by atoms with Crippen LogP contribution in [0, 0.1) is 0 Å². The van der Waals surface area contributed by atoms with E-state index in [4.69, 9.17) is 4.74 Å². The highest BCUT2D eigenvalue weighted by molar-refractivity contribution is 5.94. The Morgan fingerprint density at radius 3 is 2.63 bits per heavy atom. The van der Waals surface area contributed by atoms with Gasteiger partial charge in [-0.2, -0.15) is 0 Å². The Bertz CT molecular complexity index is 742. The highest BCUT2D eigenvalue weighted by Gasteiger charge is 2.11. The maximum atomic E-state index is 12.4. The molecule has 144 valence electrons. The summed E-state index contributed by atoms with van der Waals surface area (Å²) in [6.07, 6.45) is 1.65. The molecule has 2 aromatic rings. The van der Waals surface area contributed by atoms with E-state index < -0.39 is 0 Å². The molecule has 27 heavy (non-hydrogen) atoms. The van der Waals surface area contributed by atoms with Crippen molar-refractivity contribution < 1.29 is 9.53 Å². The van der Waals surface area contributed by atoms with Gasteiger partial charge >= 0.3 is 0 Å². The molecular formula is C20H27N5O2. The first-order valence-corrected chi connectivity index (χ1v) is 9.20. The van der Waals surface area contributed by atoms with E-state index >= 15 is 0 Å². The first kappa shape index (κ1) is 19.1. The van der Waals surface area contributed by atoms with Crippen molar-refractivity contribution in [2.75, 3.05) is 63.7 Å². The third-order valence-electron chi connectivity index (χ3n) is 4.50. The van der Waals surface area contributed by atoms with Crippen LogP contribution in [0.15, 0.2) is 42.6 Å². The molecule has 1 fully saturated rings. The zero-order valence-corrected chi connectivity index (χ0v) is 15.9. The number of benzene rings is 1. The van der Waals surface area contributed by atoms with Crippen LogP contribution in [-0.4, -0.2) is 69.3 Å². The lowest BCUT2D eigenvalue weighted by Gasteiger charge is -2.26. The highest BCUT2D eigenvalue weighted by Crippen LogP contribution is 2.19. The van der Waals surface area contributed by atoms with Crippen molar-refractivity contribution in [3.63, 3.8) is 0 Å². The quantitative estimate of drug-likeness (QED) is 0.778. The van der Waals surface area contributed by atoms with E-state index in [1.54, 1.807) is 18.3 Å². The standard InChI is InChI=1S/C20H27N5O2/c1-24(2)18-5-3-17(4-6-18)23-19-15-16(7-8-21-19)20(26)22-9-10-25-11-13-27-14-12-25/h3-8,15H,9-14H2,1-2H3,(H,21,23)(H,22,26). The van der Waals surface area contributed by atoms with Gasteiger partial charge in [-0.1, -0.05) is 0 Å². The molecule has 1 aliphatic rings. The molecule has 0 radical (unpaired) electrons. The van der Waals surface area contributed by atoms with Gasteiger partial charge in [-0.15, -0.1) is 0 Å². The molecule has 1 aromatic carbocycles. The largest absolute Gasteiger partial charge is 0.379 e. The smallest absolute Gasteiger partial charge is 0.251 e. The van der Waals surface area contributed by atoms with Gasteiger partial charge in [-0.25, -0.2) is 4.98 Å². The number of anilines is 3. The number of hydrogen-bond acceptors (Lipinski definition) is 6. The van der Waals surface area contributed by atoms with Crippen molar-refractivity contribution in [3.8, 4) is 0 Å². The lowest BCUT2D eigenvalue weighted by Crippen LogP contribution is -2.41. The fourth-order valence-corrected chi connectivity index (χ4v) is 2.89. The Kier molecular flexibility index (Phi) is 6.62. The summed E-state index contributed by atoms with van der Waals surface area (Å²) in [5.41, 5.74) is 2.65. The van der Waals surface area contributed by atoms with Gasteiger partial charge < -0.3 is 20.3 Å². The van der Waals surface area contributed by atoms with Gasteiger partial charge in [0.25, 0.3) is 5.91 Å². The van der Waals surface area contributed by atoms with Crippen LogP contribution in [0.5, 0.6) is 0 Å². The number of aromatic nitrogens is 1. The van der Waals surface area contributed by atoms with Gasteiger partial charge in [0.2, 0.25) is 0 Å². The molecule has 0 bridgehead atoms. The van der Waals surface area contributed by atoms with Crippen LogP contribution >= 0.6 is 0 Å². The summed E-state index contributed by atoms with van der Waals surface area (Å²) in [6, 6.07) is 11.5. The summed E-state index contributed by atoms with van der Waals surface area (Å²) in [5.74, 6) is 0.560. The summed E-state index contributed by atoms with van der Waals surface area (Å²) in [7, 11) is 4.01. The lowest BCUT2D eigenvalue weighted by molar-refractivity contribution is 0.0383. The van der Waals surface area contributed by atoms with Gasteiger partial charge in [-0.3, -0.25) is 9.69 Å². The van der Waals surface area contributed by atoms with Gasteiger partial charge in [0.05, 0.1) is 13.2 Å². The second-order valence-electron chi connectivity index (χ2n) is 6.71. The van der Waals surface area contributed by atoms with Gasteiger partial charge in [0.15, 0.2) is 0 Å². The van der Waals surface area contributed by atoms with E-state index in [-0.39, 0.29) is 5.91 Å². The van der Waals surface area contributed by atoms with Crippen molar-refractivity contribution >= 4 is 23.1 Å². The van der Waals surface area contributed by atoms with E-state index in [2.05, 4.69) is 20.5 Å². The van der Waals surface area contributed by atoms with Gasteiger partial charge in [0.1, 0.15) is 5.82 Å². The second kappa shape index (κ2) is 9.34. The predicted molar refractivity (Wildman–Crippen MR) is 108 cm³/mol. The van der Waals surface area contributed by atoms with Gasteiger partial charge in [-0.05, 0) is 36.4 Å². The molecule has 7 nitrogen and oxygen atoms in total. The molecule has 1 aliphatic heterocycles. The van der Waals surface area contributed by atoms with Crippen LogP contribution in [0.25, 0.3) is 0 Å². The number of carbonyl (C=O) groups excluding carboxylic acids is 1. The van der Waals surface area contributed by atoms with Crippen LogP contribution in [-0.2, 0) is 4.74 Å². The lowest BCUT2D eigenvalue weighted by atomic mass is 10.2. The third-order valence-corrected chi connectivity index (χ3v) is 4.50. The van der Waals surface area contributed by atoms with Crippen LogP contribution in [0.2, 0.25) is 0 Å². The molecule has 0 atom stereocenters. The van der Waals surface area contributed by atoms with Crippen LogP contribution in [0.3, 0.4) is 0 Å². The topological polar surface area (TPSA) is 69.7 Å². The molecule has 7 heteroatoms. The summed E-state index contributed by atoms with van der Waals surface area (Å²) >= 11 is 0. The minimum absolute atomic E-state index is 0.0864. The summed E-state index contributed by atoms with van der Waals surface area (Å²) < 4.78 is 5.33. The van der Waals surface area contributed by atoms with E-state index in [0.29, 0.717) is 17.9 Å². The molecule has 2 heterocycles. The van der Waals surface area contributed by atoms with Crippen LogP contribution in [0.4, 0.5) is 17.2 Å². The fourth-order valence-electron chi connectivity index (χ4n) is 2.89. The number of ether oxygens (including phenoxy) is 1. The number of carbonyl (C=O) groups is 1. The molecule has 0 unspecified atom stereocenters. The number of amides is 1. The van der Waals surface area contributed by atoms with Crippen molar-refractivity contribution in [2.45, 2.75) is 0 Å². The minimum atomic E-state index is -0.0864. The van der Waals surface area contributed by atoms with Crippen LogP contribution < -0.4 is 15.5 Å². The first-order valence-electron chi connectivity index (χ1n) is 9.20. The molecule has 3 rings (SSSR count). The number of nitrogens with one attached hydrogen (secondary N) is 2. The van der Waals surface area contributed by atoms with Crippen molar-refractivity contribution in [1.82, 2.24) is 15.2 Å². The van der Waals surface area contributed by atoms with E-state index in [1.165, 1.54) is 0 Å². The zero-order valence-electron chi connectivity index (χ0n) is 15.9. The number of pyridine rings is 1. The van der Waals surface area contributed by atoms with E-state index in [9.17, 15) is 4.79 Å². The Hall–Kier alpha value is -2.64. The Morgan fingerprint density at radius 2 is 1.93 bits per heavy atom. The minimum Gasteiger partial charge on any atom is -0.379 e. The third kappa shape index (κ3) is 5.67. The first-order chi connectivity index (χ1) is 13.1. The van der Waals surface area contributed by atoms with Crippen molar-refractivity contribution in [1.29, 1.82) is 0 Å². The molecule has 1 saturated heterocycles. The Morgan fingerprint density at radius 1 is 1.19 bits per heavy atom. The molecule has 2 N–H and O–H groups in total. The highest BCUT2D eigenvalue weighted by atomic mass is 16.5. The average molecular weight is 369 g/mol. The summed E-state index contributed by atoms with van der Waals surface area (Å²) in [4.78, 5) is 21.0. The molecule has 1 aromatic heterocycles. The van der Waals surface area contributed by atoms with Crippen molar-refractivity contribution in [2.24, 2.45) is 0 Å². The number of rotatable bonds is 7. The molecule has 0 aliphatic carbocycles. The maximum Gasteiger partial charge on any atom is 0.251 e. The number of morpholine rings is 1. The summed E-state index contributed by atoms with van der Waals surface area (Å²) in [6.45, 7) is 4.84. The van der Waals surface area contributed by atoms with Crippen LogP contribution in [0.1, 0.15) is 10.4 Å². The normalized spacial score (nSPS) is 14.6. The molecular weight excluding hydrogens is 342 g/mol. The second-order valence-corrected chi connectivity index (χ2v) is 6.71. The fraction of sp³-hybridized carbons (Fsp3) is 0.400. The number of hydrogen-bond donors (Lipinski definition) is 2. The predicted octanol–water partition coefficient (Wildman–Crippen LogP) is 1.95. The molecule has 1 amide bonds. The SMILES string of the molecule is CN(C)c1ccc(Nc2cc(C(=O)NCCN3CCOCC3)ccn2)cc1. The molecule has 0 spiro atoms. The monoisotopic (exact) mass is 369 g/mol. The molecule has 0 saturated carbocycles. The van der Waals surface area contributed by atoms with E-state index in [1.807, 2.05) is 43.3 Å². The maximum absolute atomic E-state index is 12.4. The number of nitrogens with zero attached hydrogens (tertiary/aromatic N) is 3. The summed E-state index contributed by atoms with van der Waals surface area (Å²) in [5, 5.41) is 6.22. The zero-order chi connectivity index (χ0) is 19.1. The Labute approximate surface area is 160 Å².